The van der Waals surface area contributed by atoms with E-state index < -0.39 is 51.9 Å². The van der Waals surface area contributed by atoms with Crippen molar-refractivity contribution in [2.75, 3.05) is 30.4 Å². The second-order valence-electron chi connectivity index (χ2n) is 10.2. The van der Waals surface area contributed by atoms with Crippen LogP contribution in [-0.4, -0.2) is 53.5 Å². The lowest BCUT2D eigenvalue weighted by atomic mass is 9.99. The first-order valence-corrected chi connectivity index (χ1v) is 12.6. The van der Waals surface area contributed by atoms with Crippen LogP contribution in [0.5, 0.6) is 0 Å². The van der Waals surface area contributed by atoms with Crippen molar-refractivity contribution in [2.24, 2.45) is 12.8 Å². The van der Waals surface area contributed by atoms with E-state index in [-0.39, 0.29) is 34.6 Å². The van der Waals surface area contributed by atoms with Gasteiger partial charge in [-0.05, 0) is 50.7 Å². The van der Waals surface area contributed by atoms with E-state index in [2.05, 4.69) is 10.2 Å². The summed E-state index contributed by atoms with van der Waals surface area (Å²) in [5.74, 6) is -3.96. The largest absolute Gasteiger partial charge is 0.417 e. The standard InChI is InChI=1S/C28H28F5N5O3/c1-14-11-38(12-15(2)37(14)4)24-10-22(30)17(16-5-6-21(29)18(7-16)26(34)40)8-23(24)35-27(41)19-13-36(3)25(39)9-20(19)28(31,32)33/h5-10,13-15H,11-12H2,1-4H3,(H2,34,40)(H,35,41)/t14-,15+. The minimum absolute atomic E-state index is 0.0146. The Morgan fingerprint density at radius 3 is 2.17 bits per heavy atom. The van der Waals surface area contributed by atoms with Crippen molar-refractivity contribution >= 4 is 23.2 Å². The first kappa shape index (κ1) is 29.7. The number of hydrogen-bond donors (Lipinski definition) is 2. The lowest BCUT2D eigenvalue weighted by Crippen LogP contribution is -2.55. The number of rotatable bonds is 5. The molecule has 41 heavy (non-hydrogen) atoms. The third-order valence-electron chi connectivity index (χ3n) is 7.36. The number of carbonyl (C=O) groups is 2. The monoisotopic (exact) mass is 577 g/mol. The molecule has 3 N–H and O–H groups in total. The Labute approximate surface area is 232 Å². The molecule has 0 saturated carbocycles. The molecule has 13 heteroatoms. The summed E-state index contributed by atoms with van der Waals surface area (Å²) in [7, 11) is 3.14. The molecule has 1 saturated heterocycles. The highest BCUT2D eigenvalue weighted by Gasteiger charge is 2.37. The van der Waals surface area contributed by atoms with Crippen LogP contribution in [0.15, 0.2) is 47.4 Å². The van der Waals surface area contributed by atoms with Gasteiger partial charge in [-0.2, -0.15) is 13.2 Å². The Morgan fingerprint density at radius 1 is 0.951 bits per heavy atom. The van der Waals surface area contributed by atoms with Gasteiger partial charge in [0.25, 0.3) is 17.4 Å². The number of aromatic nitrogens is 1. The summed E-state index contributed by atoms with van der Waals surface area (Å²) in [6.07, 6.45) is -4.22. The third kappa shape index (κ3) is 5.94. The lowest BCUT2D eigenvalue weighted by Gasteiger charge is -2.44. The predicted molar refractivity (Wildman–Crippen MR) is 144 cm³/mol. The second kappa shape index (κ2) is 11.0. The van der Waals surface area contributed by atoms with Gasteiger partial charge < -0.3 is 20.5 Å². The summed E-state index contributed by atoms with van der Waals surface area (Å²) in [4.78, 5) is 40.8. The average molecular weight is 578 g/mol. The highest BCUT2D eigenvalue weighted by molar-refractivity contribution is 6.07. The molecule has 218 valence electrons. The number of piperazine rings is 1. The quantitative estimate of drug-likeness (QED) is 0.443. The highest BCUT2D eigenvalue weighted by Crippen LogP contribution is 2.37. The van der Waals surface area contributed by atoms with Gasteiger partial charge in [-0.3, -0.25) is 19.3 Å². The van der Waals surface area contributed by atoms with E-state index >= 15 is 4.39 Å². The third-order valence-corrected chi connectivity index (χ3v) is 7.36. The normalized spacial score (nSPS) is 17.9. The van der Waals surface area contributed by atoms with Crippen LogP contribution in [-0.2, 0) is 13.2 Å². The Balaban J connectivity index is 1.88. The number of halogens is 5. The molecule has 2 heterocycles. The van der Waals surface area contributed by atoms with Crippen molar-refractivity contribution in [3.05, 3.63) is 81.3 Å². The van der Waals surface area contributed by atoms with Gasteiger partial charge in [0, 0.05) is 50.0 Å². The van der Waals surface area contributed by atoms with Crippen LogP contribution in [0.1, 0.15) is 40.1 Å². The first-order valence-electron chi connectivity index (χ1n) is 12.6. The molecule has 0 radical (unpaired) electrons. The number of anilines is 2. The van der Waals surface area contributed by atoms with Gasteiger partial charge in [-0.15, -0.1) is 0 Å². The van der Waals surface area contributed by atoms with Gasteiger partial charge in [0.15, 0.2) is 0 Å². The zero-order chi connectivity index (χ0) is 30.4. The molecule has 2 aromatic carbocycles. The van der Waals surface area contributed by atoms with Gasteiger partial charge >= 0.3 is 6.18 Å². The van der Waals surface area contributed by atoms with Crippen LogP contribution < -0.4 is 21.5 Å². The maximum atomic E-state index is 15.6. The topological polar surface area (TPSA) is 101 Å². The Morgan fingerprint density at radius 2 is 1.59 bits per heavy atom. The van der Waals surface area contributed by atoms with Crippen molar-refractivity contribution in [3.63, 3.8) is 0 Å². The number of nitrogens with zero attached hydrogens (tertiary/aromatic N) is 3. The lowest BCUT2D eigenvalue weighted by molar-refractivity contribution is -0.138. The molecule has 1 fully saturated rings. The molecule has 0 spiro atoms. The molecule has 2 atom stereocenters. The van der Waals surface area contributed by atoms with E-state index in [9.17, 15) is 31.9 Å². The minimum atomic E-state index is -5.00. The molecule has 1 aromatic heterocycles. The SMILES string of the molecule is C[C@@H]1CN(c2cc(F)c(-c3ccc(F)c(C(N)=O)c3)cc2NC(=O)c2cn(C)c(=O)cc2C(F)(F)F)C[C@H](C)N1C. The zero-order valence-corrected chi connectivity index (χ0v) is 22.6. The van der Waals surface area contributed by atoms with E-state index in [1.165, 1.54) is 19.2 Å². The molecule has 0 aliphatic carbocycles. The van der Waals surface area contributed by atoms with E-state index in [4.69, 9.17) is 5.73 Å². The maximum Gasteiger partial charge on any atom is 0.417 e. The van der Waals surface area contributed by atoms with Gasteiger partial charge in [0.2, 0.25) is 0 Å². The number of hydrogen-bond acceptors (Lipinski definition) is 5. The molecule has 2 amide bonds. The Kier molecular flexibility index (Phi) is 7.94. The van der Waals surface area contributed by atoms with Crippen LogP contribution >= 0.6 is 0 Å². The number of nitrogens with two attached hydrogens (primary N) is 1. The van der Waals surface area contributed by atoms with Crippen molar-refractivity contribution in [1.29, 1.82) is 0 Å². The molecule has 0 unspecified atom stereocenters. The number of likely N-dealkylation sites (N-methyl/N-ethyl adjacent to an activating group) is 1. The number of carbonyl (C=O) groups excluding carboxylic acids is 2. The summed E-state index contributed by atoms with van der Waals surface area (Å²) >= 11 is 0. The number of nitrogens with one attached hydrogen (secondary N) is 1. The fourth-order valence-electron chi connectivity index (χ4n) is 4.86. The molecule has 3 aromatic rings. The van der Waals surface area contributed by atoms with Crippen molar-refractivity contribution in [1.82, 2.24) is 9.47 Å². The van der Waals surface area contributed by atoms with Crippen LogP contribution in [0.4, 0.5) is 33.3 Å². The van der Waals surface area contributed by atoms with Gasteiger partial charge in [-0.1, -0.05) is 6.07 Å². The van der Waals surface area contributed by atoms with Gasteiger partial charge in [0.05, 0.1) is 28.1 Å². The summed E-state index contributed by atoms with van der Waals surface area (Å²) in [6.45, 7) is 4.74. The number of primary amides is 1. The van der Waals surface area contributed by atoms with Crippen LogP contribution in [0.3, 0.4) is 0 Å². The fraction of sp³-hybridized carbons (Fsp3) is 0.321. The number of benzene rings is 2. The molecule has 1 aliphatic rings. The van der Waals surface area contributed by atoms with Crippen molar-refractivity contribution in [3.8, 4) is 11.1 Å². The average Bonchev–Trinajstić information content (AvgIpc) is 2.88. The van der Waals surface area contributed by atoms with Gasteiger partial charge in [-0.25, -0.2) is 8.78 Å². The maximum absolute atomic E-state index is 15.6. The molecule has 4 rings (SSSR count). The highest BCUT2D eigenvalue weighted by atomic mass is 19.4. The van der Waals surface area contributed by atoms with Crippen LogP contribution in [0, 0.1) is 11.6 Å². The molecule has 8 nitrogen and oxygen atoms in total. The molecule has 1 aliphatic heterocycles. The summed E-state index contributed by atoms with van der Waals surface area (Å²) in [5.41, 5.74) is 1.64. The minimum Gasteiger partial charge on any atom is -0.367 e. The van der Waals surface area contributed by atoms with Crippen molar-refractivity contribution in [2.45, 2.75) is 32.1 Å². The predicted octanol–water partition coefficient (Wildman–Crippen LogP) is 4.23. The molecular formula is C28H28F5N5O3. The fourth-order valence-corrected chi connectivity index (χ4v) is 4.86. The van der Waals surface area contributed by atoms with Crippen molar-refractivity contribution < 1.29 is 31.5 Å². The Hall–Kier alpha value is -4.26. The summed E-state index contributed by atoms with van der Waals surface area (Å²) in [5, 5.41) is 2.47. The van der Waals surface area contributed by atoms with Crippen LogP contribution in [0.2, 0.25) is 0 Å². The van der Waals surface area contributed by atoms with Crippen LogP contribution in [0.25, 0.3) is 11.1 Å². The Bertz CT molecular complexity index is 1570. The number of amides is 2. The first-order chi connectivity index (χ1) is 19.1. The number of pyridine rings is 1. The summed E-state index contributed by atoms with van der Waals surface area (Å²) < 4.78 is 71.9. The summed E-state index contributed by atoms with van der Waals surface area (Å²) in [6, 6.07) is 5.90. The zero-order valence-electron chi connectivity index (χ0n) is 22.6. The molecular weight excluding hydrogens is 549 g/mol. The number of aryl methyl sites for hydroxylation is 1. The molecule has 0 bridgehead atoms. The smallest absolute Gasteiger partial charge is 0.367 e. The van der Waals surface area contributed by atoms with E-state index in [1.807, 2.05) is 25.8 Å². The second-order valence-corrected chi connectivity index (χ2v) is 10.2. The van der Waals surface area contributed by atoms with E-state index in [0.717, 1.165) is 29.0 Å². The van der Waals surface area contributed by atoms with E-state index in [0.29, 0.717) is 19.2 Å². The van der Waals surface area contributed by atoms with Gasteiger partial charge in [0.1, 0.15) is 11.6 Å². The number of alkyl halides is 3. The van der Waals surface area contributed by atoms with E-state index in [1.54, 1.807) is 0 Å².